The maximum atomic E-state index is 15.1. The molecule has 16 heteroatoms. The number of carbonyl (C=O) groups is 4. The van der Waals surface area contributed by atoms with Crippen LogP contribution in [0.3, 0.4) is 0 Å². The second-order valence-electron chi connectivity index (χ2n) is 19.3. The number of carbonyl (C=O) groups excluding carboxylic acids is 4. The maximum Gasteiger partial charge on any atom is 0.264 e. The molecule has 66 heavy (non-hydrogen) atoms. The second-order valence-corrected chi connectivity index (χ2v) is 19.3. The Bertz CT molecular complexity index is 2770. The zero-order valence-electron chi connectivity index (χ0n) is 37.6. The highest BCUT2D eigenvalue weighted by molar-refractivity contribution is 6.05. The first-order valence-corrected chi connectivity index (χ1v) is 23.7. The van der Waals surface area contributed by atoms with Crippen LogP contribution in [-0.2, 0) is 40.3 Å². The lowest BCUT2D eigenvalue weighted by Gasteiger charge is -2.39. The predicted octanol–water partition coefficient (Wildman–Crippen LogP) is 6.75. The van der Waals surface area contributed by atoms with Crippen molar-refractivity contribution in [3.8, 4) is 11.1 Å². The van der Waals surface area contributed by atoms with Crippen LogP contribution >= 0.6 is 0 Å². The third-order valence-electron chi connectivity index (χ3n) is 15.3. The van der Waals surface area contributed by atoms with Crippen molar-refractivity contribution in [3.63, 3.8) is 0 Å². The number of piperazine rings is 1. The number of nitrogens with zero attached hydrogens (tertiary/aromatic N) is 9. The van der Waals surface area contributed by atoms with E-state index >= 15 is 8.78 Å². The van der Waals surface area contributed by atoms with Crippen LogP contribution in [0.2, 0.25) is 0 Å². The summed E-state index contributed by atoms with van der Waals surface area (Å²) in [6, 6.07) is 11.2. The number of amides is 4. The fraction of sp³-hybridized carbons (Fsp3) is 0.480. The van der Waals surface area contributed by atoms with Gasteiger partial charge in [0.25, 0.3) is 12.3 Å². The fourth-order valence-corrected chi connectivity index (χ4v) is 11.7. The molecule has 3 aromatic heterocycles. The first-order valence-electron chi connectivity index (χ1n) is 23.7. The molecule has 6 aliphatic rings. The number of nitrogens with one attached hydrogen (secondary N) is 1. The number of aryl methyl sites for hydroxylation is 2. The smallest absolute Gasteiger partial charge is 0.264 e. The van der Waals surface area contributed by atoms with Gasteiger partial charge < -0.3 is 24.0 Å². The van der Waals surface area contributed by atoms with Crippen molar-refractivity contribution >= 4 is 46.5 Å². The first-order chi connectivity index (χ1) is 32.0. The van der Waals surface area contributed by atoms with E-state index in [1.54, 1.807) is 24.1 Å². The van der Waals surface area contributed by atoms with Crippen LogP contribution in [0, 0.1) is 12.8 Å². The van der Waals surface area contributed by atoms with Gasteiger partial charge in [0.15, 0.2) is 5.82 Å². The average molecular weight is 899 g/mol. The van der Waals surface area contributed by atoms with Crippen LogP contribution in [0.4, 0.5) is 26.0 Å². The molecule has 1 atom stereocenters. The maximum absolute atomic E-state index is 15.1. The molecule has 14 nitrogen and oxygen atoms in total. The molecule has 4 amide bonds. The van der Waals surface area contributed by atoms with E-state index in [0.717, 1.165) is 116 Å². The Morgan fingerprint density at radius 3 is 2.45 bits per heavy atom. The number of piperidine rings is 1. The van der Waals surface area contributed by atoms with Gasteiger partial charge in [-0.2, -0.15) is 5.10 Å². The van der Waals surface area contributed by atoms with Crippen LogP contribution in [0.15, 0.2) is 55.0 Å². The van der Waals surface area contributed by atoms with E-state index in [1.807, 2.05) is 52.9 Å². The van der Waals surface area contributed by atoms with Crippen molar-refractivity contribution in [1.82, 2.24) is 39.2 Å². The summed E-state index contributed by atoms with van der Waals surface area (Å²) in [6.45, 7) is 10.4. The zero-order chi connectivity index (χ0) is 45.4. The van der Waals surface area contributed by atoms with Gasteiger partial charge >= 0.3 is 0 Å². The van der Waals surface area contributed by atoms with Gasteiger partial charge in [-0.25, -0.2) is 13.8 Å². The van der Waals surface area contributed by atoms with E-state index in [4.69, 9.17) is 5.10 Å². The lowest BCUT2D eigenvalue weighted by molar-refractivity contribution is -0.137. The van der Waals surface area contributed by atoms with Gasteiger partial charge in [-0.05, 0) is 122 Å². The summed E-state index contributed by atoms with van der Waals surface area (Å²) in [5, 5.41) is 7.79. The van der Waals surface area contributed by atoms with E-state index in [2.05, 4.69) is 35.7 Å². The topological polar surface area (TPSA) is 132 Å². The number of alkyl halides is 2. The molecule has 2 aromatic carbocycles. The SMILES string of the molecule is CC(=O)N1CCc2c(c(N3CCCc4cc(-c5cc6nccn6cc5C)c(C(F)F)cc43)nn2C2CCC(CN3CCN(c4ccc5c(c4)CN(C4CCC(=O)NC4=O)C5=O)CC3)CC2)C1. The van der Waals surface area contributed by atoms with E-state index in [9.17, 15) is 19.2 Å². The van der Waals surface area contributed by atoms with Gasteiger partial charge in [-0.3, -0.25) is 34.1 Å². The van der Waals surface area contributed by atoms with Crippen molar-refractivity contribution in [2.75, 3.05) is 55.6 Å². The molecule has 11 rings (SSSR count). The van der Waals surface area contributed by atoms with Crippen molar-refractivity contribution in [3.05, 3.63) is 94.1 Å². The minimum Gasteiger partial charge on any atom is -0.369 e. The van der Waals surface area contributed by atoms with Crippen LogP contribution < -0.4 is 15.1 Å². The molecule has 1 N–H and O–H groups in total. The highest BCUT2D eigenvalue weighted by Gasteiger charge is 2.40. The van der Waals surface area contributed by atoms with Crippen molar-refractivity contribution in [2.24, 2.45) is 5.92 Å². The van der Waals surface area contributed by atoms with Crippen LogP contribution in [0.1, 0.15) is 108 Å². The minimum absolute atomic E-state index is 0.000867. The molecule has 5 aromatic rings. The number of imide groups is 1. The molecule has 2 saturated heterocycles. The molecule has 0 radical (unpaired) electrons. The number of pyridine rings is 1. The van der Waals surface area contributed by atoms with Gasteiger partial charge in [0.1, 0.15) is 11.7 Å². The van der Waals surface area contributed by atoms with Gasteiger partial charge in [0.05, 0.1) is 12.6 Å². The molecule has 1 unspecified atom stereocenters. The summed E-state index contributed by atoms with van der Waals surface area (Å²) in [5.74, 6) is 0.557. The second kappa shape index (κ2) is 16.9. The monoisotopic (exact) mass is 898 g/mol. The Morgan fingerprint density at radius 1 is 0.864 bits per heavy atom. The number of hydrogen-bond acceptors (Lipinski definition) is 9. The highest BCUT2D eigenvalue weighted by Crippen LogP contribution is 2.45. The average Bonchev–Trinajstić information content (AvgIpc) is 4.03. The van der Waals surface area contributed by atoms with Gasteiger partial charge in [-0.1, -0.05) is 0 Å². The predicted molar refractivity (Wildman–Crippen MR) is 245 cm³/mol. The third kappa shape index (κ3) is 7.60. The molecule has 344 valence electrons. The van der Waals surface area contributed by atoms with E-state index in [-0.39, 0.29) is 35.7 Å². The molecule has 5 aliphatic heterocycles. The fourth-order valence-electron chi connectivity index (χ4n) is 11.7. The number of halogens is 2. The number of aromatic nitrogens is 4. The number of rotatable bonds is 8. The highest BCUT2D eigenvalue weighted by atomic mass is 19.3. The summed E-state index contributed by atoms with van der Waals surface area (Å²) >= 11 is 0. The standard InChI is InChI=1S/C50H56F2N10O4/c1-30-26-59-17-14-53-45(59)25-38(30)39-23-33-4-3-15-60(44(33)24-40(39)47(51)52)48-41-29-58(31(2)63)16-13-42(41)62(55-48)35-7-5-32(6-8-35)27-56-18-20-57(21-19-56)36-9-10-37-34(22-36)28-61(50(37)66)43-11-12-46(64)54-49(43)65/h9-10,14,17,22-26,32,35,43,47H,3-8,11-13,15-16,18-21,27-29H2,1-2H3,(H,54,64,65). The molecule has 3 fully saturated rings. The Kier molecular flexibility index (Phi) is 10.9. The van der Waals surface area contributed by atoms with Crippen LogP contribution in [0.5, 0.6) is 0 Å². The van der Waals surface area contributed by atoms with E-state index < -0.39 is 18.4 Å². The number of fused-ring (bicyclic) bond motifs is 4. The van der Waals surface area contributed by atoms with E-state index in [0.29, 0.717) is 61.7 Å². The summed E-state index contributed by atoms with van der Waals surface area (Å²) < 4.78 is 34.4. The molecule has 0 spiro atoms. The van der Waals surface area contributed by atoms with E-state index in [1.165, 1.54) is 5.69 Å². The molecule has 8 heterocycles. The largest absolute Gasteiger partial charge is 0.369 e. The lowest BCUT2D eigenvalue weighted by atomic mass is 9.85. The Hall–Kier alpha value is -6.16. The molecule has 0 bridgehead atoms. The number of hydrogen-bond donors (Lipinski definition) is 1. The third-order valence-corrected chi connectivity index (χ3v) is 15.3. The number of benzene rings is 2. The summed E-state index contributed by atoms with van der Waals surface area (Å²) in [7, 11) is 0. The Morgan fingerprint density at radius 2 is 1.68 bits per heavy atom. The zero-order valence-corrected chi connectivity index (χ0v) is 37.6. The molecular weight excluding hydrogens is 843 g/mol. The number of imidazole rings is 1. The summed E-state index contributed by atoms with van der Waals surface area (Å²) in [4.78, 5) is 65.3. The Labute approximate surface area is 382 Å². The van der Waals surface area contributed by atoms with Crippen molar-refractivity contribution in [2.45, 2.75) is 103 Å². The van der Waals surface area contributed by atoms with Gasteiger partial charge in [0, 0.05) is 124 Å². The number of anilines is 3. The van der Waals surface area contributed by atoms with Gasteiger partial charge in [-0.15, -0.1) is 0 Å². The van der Waals surface area contributed by atoms with Crippen LogP contribution in [0.25, 0.3) is 16.8 Å². The molecule has 1 aliphatic carbocycles. The van der Waals surface area contributed by atoms with Crippen molar-refractivity contribution in [1.29, 1.82) is 0 Å². The summed E-state index contributed by atoms with van der Waals surface area (Å²) in [6.07, 6.45) is 9.97. The normalized spacial score (nSPS) is 22.6. The Balaban J connectivity index is 0.769. The lowest BCUT2D eigenvalue weighted by Crippen LogP contribution is -2.52. The summed E-state index contributed by atoms with van der Waals surface area (Å²) in [5.41, 5.74) is 9.57. The van der Waals surface area contributed by atoms with Crippen LogP contribution in [-0.4, -0.2) is 109 Å². The minimum atomic E-state index is -2.68. The molecular formula is C50H56F2N10O4. The van der Waals surface area contributed by atoms with Gasteiger partial charge in [0.2, 0.25) is 17.7 Å². The van der Waals surface area contributed by atoms with Crippen molar-refractivity contribution < 1.29 is 28.0 Å². The quantitative estimate of drug-likeness (QED) is 0.168. The first kappa shape index (κ1) is 42.5. The molecule has 1 saturated carbocycles.